The van der Waals surface area contributed by atoms with Gasteiger partial charge in [-0.05, 0) is 24.6 Å². The molecule has 0 unspecified atom stereocenters. The van der Waals surface area contributed by atoms with E-state index in [0.717, 1.165) is 12.1 Å². The number of nitrogens with zero attached hydrogens (tertiary/aromatic N) is 1. The van der Waals surface area contributed by atoms with Gasteiger partial charge in [-0.1, -0.05) is 12.1 Å². The van der Waals surface area contributed by atoms with Crippen molar-refractivity contribution in [2.75, 3.05) is 0 Å². The molecule has 0 spiro atoms. The van der Waals surface area contributed by atoms with Crippen molar-refractivity contribution >= 4 is 10.0 Å². The third-order valence-corrected chi connectivity index (χ3v) is 4.34. The van der Waals surface area contributed by atoms with E-state index in [1.807, 2.05) is 0 Å². The van der Waals surface area contributed by atoms with E-state index in [-0.39, 0.29) is 11.4 Å². The Bertz CT molecular complexity index is 721. The van der Waals surface area contributed by atoms with Gasteiger partial charge in [0.15, 0.2) is 0 Å². The first-order valence-corrected chi connectivity index (χ1v) is 7.34. The summed E-state index contributed by atoms with van der Waals surface area (Å²) >= 11 is 0. The molecule has 2 N–H and O–H groups in total. The summed E-state index contributed by atoms with van der Waals surface area (Å²) in [5.74, 6) is 0. The number of aromatic amines is 1. The highest BCUT2D eigenvalue weighted by molar-refractivity contribution is 7.89. The maximum Gasteiger partial charge on any atom is 0.416 e. The molecule has 1 heterocycles. The average Bonchev–Trinajstić information content (AvgIpc) is 2.83. The van der Waals surface area contributed by atoms with Gasteiger partial charge in [-0.2, -0.15) is 18.3 Å². The molecule has 0 aliphatic rings. The number of alkyl halides is 3. The second-order valence-corrected chi connectivity index (χ2v) is 6.11. The van der Waals surface area contributed by atoms with E-state index < -0.39 is 21.8 Å². The highest BCUT2D eigenvalue weighted by Gasteiger charge is 2.30. The summed E-state index contributed by atoms with van der Waals surface area (Å²) < 4.78 is 63.4. The van der Waals surface area contributed by atoms with Gasteiger partial charge in [0.2, 0.25) is 10.0 Å². The molecule has 2 aromatic rings. The molecule has 0 amide bonds. The van der Waals surface area contributed by atoms with Gasteiger partial charge >= 0.3 is 6.18 Å². The lowest BCUT2D eigenvalue weighted by atomic mass is 10.1. The maximum absolute atomic E-state index is 12.4. The fourth-order valence-corrected chi connectivity index (χ4v) is 2.83. The Hall–Kier alpha value is -1.87. The van der Waals surface area contributed by atoms with Crippen molar-refractivity contribution in [3.05, 3.63) is 47.3 Å². The second kappa shape index (κ2) is 5.49. The zero-order valence-electron chi connectivity index (χ0n) is 10.9. The van der Waals surface area contributed by atoms with Crippen LogP contribution in [0.5, 0.6) is 0 Å². The molecule has 1 aromatic carbocycles. The predicted molar refractivity (Wildman–Crippen MR) is 68.8 cm³/mol. The summed E-state index contributed by atoms with van der Waals surface area (Å²) in [5.41, 5.74) is 0.0300. The lowest BCUT2D eigenvalue weighted by Gasteiger charge is -2.09. The van der Waals surface area contributed by atoms with Gasteiger partial charge in [-0.3, -0.25) is 5.10 Å². The molecule has 21 heavy (non-hydrogen) atoms. The Morgan fingerprint density at radius 3 is 2.33 bits per heavy atom. The number of halogens is 3. The normalized spacial score (nSPS) is 12.6. The number of sulfonamides is 1. The van der Waals surface area contributed by atoms with E-state index in [9.17, 15) is 21.6 Å². The minimum Gasteiger partial charge on any atom is -0.281 e. The SMILES string of the molecule is Cc1[nH]ncc1S(=O)(=O)NCc1ccc(C(F)(F)F)cc1. The Morgan fingerprint density at radius 1 is 1.24 bits per heavy atom. The van der Waals surface area contributed by atoms with Crippen LogP contribution in [0.25, 0.3) is 0 Å². The van der Waals surface area contributed by atoms with Crippen molar-refractivity contribution in [3.8, 4) is 0 Å². The molecule has 5 nitrogen and oxygen atoms in total. The van der Waals surface area contributed by atoms with Crippen LogP contribution in [0.4, 0.5) is 13.2 Å². The minimum absolute atomic E-state index is 0.00871. The number of aromatic nitrogens is 2. The van der Waals surface area contributed by atoms with Crippen LogP contribution >= 0.6 is 0 Å². The van der Waals surface area contributed by atoms with E-state index in [4.69, 9.17) is 0 Å². The van der Waals surface area contributed by atoms with Crippen molar-refractivity contribution in [2.24, 2.45) is 0 Å². The zero-order chi connectivity index (χ0) is 15.7. The van der Waals surface area contributed by atoms with Gasteiger partial charge in [0.25, 0.3) is 0 Å². The van der Waals surface area contributed by atoms with Crippen LogP contribution in [0.1, 0.15) is 16.8 Å². The summed E-state index contributed by atoms with van der Waals surface area (Å²) in [6.07, 6.45) is -3.24. The number of rotatable bonds is 4. The predicted octanol–water partition coefficient (Wildman–Crippen LogP) is 2.22. The zero-order valence-corrected chi connectivity index (χ0v) is 11.7. The Morgan fingerprint density at radius 2 is 1.86 bits per heavy atom. The first-order valence-electron chi connectivity index (χ1n) is 5.86. The van der Waals surface area contributed by atoms with Crippen LogP contribution < -0.4 is 4.72 Å². The average molecular weight is 319 g/mol. The van der Waals surface area contributed by atoms with Gasteiger partial charge in [-0.25, -0.2) is 13.1 Å². The first kappa shape index (κ1) is 15.5. The summed E-state index contributed by atoms with van der Waals surface area (Å²) in [6, 6.07) is 4.28. The fraction of sp³-hybridized carbons (Fsp3) is 0.250. The Kier molecular flexibility index (Phi) is 4.06. The highest BCUT2D eigenvalue weighted by atomic mass is 32.2. The molecule has 9 heteroatoms. The lowest BCUT2D eigenvalue weighted by Crippen LogP contribution is -2.23. The molecule has 0 atom stereocenters. The number of benzene rings is 1. The second-order valence-electron chi connectivity index (χ2n) is 4.38. The van der Waals surface area contributed by atoms with E-state index in [1.54, 1.807) is 6.92 Å². The molecular formula is C12H12F3N3O2S. The highest BCUT2D eigenvalue weighted by Crippen LogP contribution is 2.29. The number of nitrogens with one attached hydrogen (secondary N) is 2. The molecular weight excluding hydrogens is 307 g/mol. The van der Waals surface area contributed by atoms with E-state index in [2.05, 4.69) is 14.9 Å². The van der Waals surface area contributed by atoms with E-state index >= 15 is 0 Å². The Labute approximate surface area is 119 Å². The van der Waals surface area contributed by atoms with Gasteiger partial charge in [0.1, 0.15) is 4.90 Å². The number of H-pyrrole nitrogens is 1. The van der Waals surface area contributed by atoms with Gasteiger partial charge in [-0.15, -0.1) is 0 Å². The van der Waals surface area contributed by atoms with Crippen molar-refractivity contribution in [2.45, 2.75) is 24.5 Å². The molecule has 0 aliphatic carbocycles. The minimum atomic E-state index is -4.41. The van der Waals surface area contributed by atoms with Gasteiger partial charge in [0, 0.05) is 6.54 Å². The number of hydrogen-bond donors (Lipinski definition) is 2. The van der Waals surface area contributed by atoms with Crippen molar-refractivity contribution in [1.29, 1.82) is 0 Å². The largest absolute Gasteiger partial charge is 0.416 e. The molecule has 0 radical (unpaired) electrons. The molecule has 0 saturated carbocycles. The lowest BCUT2D eigenvalue weighted by molar-refractivity contribution is -0.137. The van der Waals surface area contributed by atoms with Crippen LogP contribution in [-0.4, -0.2) is 18.6 Å². The topological polar surface area (TPSA) is 74.8 Å². The van der Waals surface area contributed by atoms with Crippen molar-refractivity contribution in [1.82, 2.24) is 14.9 Å². The third-order valence-electron chi connectivity index (χ3n) is 2.82. The number of aryl methyl sites for hydroxylation is 1. The smallest absolute Gasteiger partial charge is 0.281 e. The van der Waals surface area contributed by atoms with Crippen molar-refractivity contribution < 1.29 is 21.6 Å². The molecule has 0 saturated heterocycles. The van der Waals surface area contributed by atoms with Crippen LogP contribution in [0.2, 0.25) is 0 Å². The van der Waals surface area contributed by atoms with Gasteiger partial charge in [0.05, 0.1) is 17.5 Å². The molecule has 114 valence electrons. The summed E-state index contributed by atoms with van der Waals surface area (Å²) in [5, 5.41) is 6.12. The molecule has 1 aromatic heterocycles. The third kappa shape index (κ3) is 3.61. The Balaban J connectivity index is 2.08. The maximum atomic E-state index is 12.4. The number of hydrogen-bond acceptors (Lipinski definition) is 3. The fourth-order valence-electron chi connectivity index (χ4n) is 1.68. The van der Waals surface area contributed by atoms with Crippen LogP contribution in [0.15, 0.2) is 35.4 Å². The monoisotopic (exact) mass is 319 g/mol. The van der Waals surface area contributed by atoms with Gasteiger partial charge < -0.3 is 0 Å². The van der Waals surface area contributed by atoms with Crippen LogP contribution in [0.3, 0.4) is 0 Å². The standard InChI is InChI=1S/C12H12F3N3O2S/c1-8-11(7-16-18-8)21(19,20)17-6-9-2-4-10(5-3-9)12(13,14)15/h2-5,7,17H,6H2,1H3,(H,16,18). The molecule has 0 bridgehead atoms. The van der Waals surface area contributed by atoms with E-state index in [1.165, 1.54) is 18.3 Å². The van der Waals surface area contributed by atoms with Crippen LogP contribution in [-0.2, 0) is 22.7 Å². The molecule has 0 fully saturated rings. The summed E-state index contributed by atoms with van der Waals surface area (Å²) in [4.78, 5) is 0.00871. The first-order chi connectivity index (χ1) is 9.70. The van der Waals surface area contributed by atoms with Crippen molar-refractivity contribution in [3.63, 3.8) is 0 Å². The quantitative estimate of drug-likeness (QED) is 0.907. The molecule has 2 rings (SSSR count). The van der Waals surface area contributed by atoms with Crippen LogP contribution in [0, 0.1) is 6.92 Å². The summed E-state index contributed by atoms with van der Waals surface area (Å²) in [7, 11) is -3.75. The summed E-state index contributed by atoms with van der Waals surface area (Å²) in [6.45, 7) is 1.45. The van der Waals surface area contributed by atoms with E-state index in [0.29, 0.717) is 11.3 Å². The molecule has 0 aliphatic heterocycles.